The summed E-state index contributed by atoms with van der Waals surface area (Å²) >= 11 is 0. The third-order valence-electron chi connectivity index (χ3n) is 4.29. The van der Waals surface area contributed by atoms with Gasteiger partial charge in [0.2, 0.25) is 0 Å². The number of rotatable bonds is 3. The molecule has 2 aliphatic heterocycles. The summed E-state index contributed by atoms with van der Waals surface area (Å²) in [6.07, 6.45) is 6.35. The molecule has 0 saturated carbocycles. The lowest BCUT2D eigenvalue weighted by Crippen LogP contribution is -2.45. The number of fused-ring (bicyclic) bond motifs is 1. The third kappa shape index (κ3) is 3.36. The van der Waals surface area contributed by atoms with Crippen molar-refractivity contribution < 1.29 is 28.6 Å². The van der Waals surface area contributed by atoms with E-state index in [9.17, 15) is 14.4 Å². The highest BCUT2D eigenvalue weighted by Crippen LogP contribution is 2.38. The Hall–Kier alpha value is -3.55. The monoisotopic (exact) mass is 384 g/mol. The summed E-state index contributed by atoms with van der Waals surface area (Å²) in [5, 5.41) is 2.79. The Morgan fingerprint density at radius 3 is 2.50 bits per heavy atom. The van der Waals surface area contributed by atoms with Gasteiger partial charge in [-0.05, 0) is 44.2 Å². The molecule has 146 valence electrons. The number of carbonyl (C=O) groups excluding carboxylic acids is 3. The summed E-state index contributed by atoms with van der Waals surface area (Å²) in [5.41, 5.74) is 0.0114. The van der Waals surface area contributed by atoms with Crippen LogP contribution in [0.25, 0.3) is 0 Å². The van der Waals surface area contributed by atoms with Gasteiger partial charge in [-0.25, -0.2) is 9.59 Å². The van der Waals surface area contributed by atoms with E-state index in [1.165, 1.54) is 25.2 Å². The molecule has 3 rings (SSSR count). The number of esters is 2. The minimum absolute atomic E-state index is 0.0114. The number of hydrogen-bond acceptors (Lipinski definition) is 7. The van der Waals surface area contributed by atoms with Gasteiger partial charge < -0.3 is 24.4 Å². The Morgan fingerprint density at radius 1 is 1.11 bits per heavy atom. The number of anilines is 2. The van der Waals surface area contributed by atoms with Gasteiger partial charge in [-0.2, -0.15) is 0 Å². The van der Waals surface area contributed by atoms with Crippen LogP contribution < -0.4 is 15.0 Å². The lowest BCUT2D eigenvalue weighted by Gasteiger charge is -2.32. The molecule has 0 unspecified atom stereocenters. The minimum Gasteiger partial charge on any atom is -0.476 e. The zero-order valence-electron chi connectivity index (χ0n) is 15.9. The standard InChI is InChI=1S/C20H20N2O6/c1-20(2)19(25)21-14-11-12(8-9-15(14)28-20)22-10-6-5-7-13(17(23)26-3)16(22)18(24)27-4/h5-11H,1-4H3,(H,21,25). The third-order valence-corrected chi connectivity index (χ3v) is 4.29. The van der Waals surface area contributed by atoms with E-state index in [0.29, 0.717) is 17.1 Å². The topological polar surface area (TPSA) is 94.2 Å². The van der Waals surface area contributed by atoms with E-state index in [4.69, 9.17) is 14.2 Å². The molecular formula is C20H20N2O6. The van der Waals surface area contributed by atoms with Gasteiger partial charge in [-0.15, -0.1) is 0 Å². The lowest BCUT2D eigenvalue weighted by molar-refractivity contribution is -0.139. The number of carbonyl (C=O) groups is 3. The van der Waals surface area contributed by atoms with E-state index in [1.807, 2.05) is 0 Å². The summed E-state index contributed by atoms with van der Waals surface area (Å²) < 4.78 is 15.4. The number of methoxy groups -OCH3 is 2. The van der Waals surface area contributed by atoms with Crippen LogP contribution >= 0.6 is 0 Å². The fourth-order valence-electron chi connectivity index (χ4n) is 2.81. The number of nitrogens with zero attached hydrogens (tertiary/aromatic N) is 1. The van der Waals surface area contributed by atoms with E-state index in [-0.39, 0.29) is 17.2 Å². The van der Waals surface area contributed by atoms with Crippen molar-refractivity contribution in [2.45, 2.75) is 19.4 Å². The van der Waals surface area contributed by atoms with Crippen LogP contribution in [0.1, 0.15) is 13.8 Å². The molecule has 0 spiro atoms. The predicted molar refractivity (Wildman–Crippen MR) is 102 cm³/mol. The fraction of sp³-hybridized carbons (Fsp3) is 0.250. The average molecular weight is 384 g/mol. The molecule has 1 aromatic rings. The van der Waals surface area contributed by atoms with Crippen LogP contribution in [-0.2, 0) is 23.9 Å². The Balaban J connectivity index is 2.11. The van der Waals surface area contributed by atoms with Gasteiger partial charge in [0.05, 0.1) is 25.5 Å². The maximum atomic E-state index is 12.5. The molecule has 2 aliphatic rings. The SMILES string of the molecule is COC(=O)C1=C(C(=O)OC)N(c2ccc3c(c2)NC(=O)C(C)(C)O3)C=CC=C1. The first-order chi connectivity index (χ1) is 13.3. The summed E-state index contributed by atoms with van der Waals surface area (Å²) in [7, 11) is 2.46. The van der Waals surface area contributed by atoms with Crippen molar-refractivity contribution in [1.29, 1.82) is 0 Å². The van der Waals surface area contributed by atoms with Crippen molar-refractivity contribution in [1.82, 2.24) is 0 Å². The van der Waals surface area contributed by atoms with Gasteiger partial charge in [-0.1, -0.05) is 6.08 Å². The van der Waals surface area contributed by atoms with Crippen LogP contribution in [0.4, 0.5) is 11.4 Å². The first kappa shape index (κ1) is 19.2. The molecule has 0 fully saturated rings. The van der Waals surface area contributed by atoms with Gasteiger partial charge in [0.15, 0.2) is 5.60 Å². The average Bonchev–Trinajstić information content (AvgIpc) is 2.90. The highest BCUT2D eigenvalue weighted by Gasteiger charge is 2.36. The van der Waals surface area contributed by atoms with E-state index >= 15 is 0 Å². The number of benzene rings is 1. The van der Waals surface area contributed by atoms with E-state index < -0.39 is 17.5 Å². The number of amides is 1. The smallest absolute Gasteiger partial charge is 0.355 e. The largest absolute Gasteiger partial charge is 0.476 e. The van der Waals surface area contributed by atoms with Gasteiger partial charge in [0, 0.05) is 11.9 Å². The molecule has 2 heterocycles. The van der Waals surface area contributed by atoms with Gasteiger partial charge in [-0.3, -0.25) is 4.79 Å². The highest BCUT2D eigenvalue weighted by molar-refractivity contribution is 6.06. The number of nitrogens with one attached hydrogen (secondary N) is 1. The van der Waals surface area contributed by atoms with Crippen molar-refractivity contribution >= 4 is 29.2 Å². The van der Waals surface area contributed by atoms with Crippen LogP contribution in [0, 0.1) is 0 Å². The first-order valence-electron chi connectivity index (χ1n) is 8.48. The molecule has 1 amide bonds. The van der Waals surface area contributed by atoms with Crippen molar-refractivity contribution in [3.8, 4) is 5.75 Å². The molecular weight excluding hydrogens is 364 g/mol. The zero-order chi connectivity index (χ0) is 20.5. The predicted octanol–water partition coefficient (Wildman–Crippen LogP) is 2.29. The van der Waals surface area contributed by atoms with E-state index in [0.717, 1.165) is 0 Å². The second-order valence-corrected chi connectivity index (χ2v) is 6.56. The van der Waals surface area contributed by atoms with Gasteiger partial charge >= 0.3 is 11.9 Å². The molecule has 1 N–H and O–H groups in total. The number of allylic oxidation sites excluding steroid dienone is 2. The molecule has 0 aliphatic carbocycles. The second-order valence-electron chi connectivity index (χ2n) is 6.56. The van der Waals surface area contributed by atoms with Crippen LogP contribution in [0.2, 0.25) is 0 Å². The fourth-order valence-corrected chi connectivity index (χ4v) is 2.81. The highest BCUT2D eigenvalue weighted by atomic mass is 16.5. The summed E-state index contributed by atoms with van der Waals surface area (Å²) in [5.74, 6) is -1.18. The minimum atomic E-state index is -0.990. The van der Waals surface area contributed by atoms with E-state index in [2.05, 4.69) is 5.32 Å². The van der Waals surface area contributed by atoms with Crippen LogP contribution in [0.3, 0.4) is 0 Å². The molecule has 0 radical (unpaired) electrons. The summed E-state index contributed by atoms with van der Waals surface area (Å²) in [6.45, 7) is 3.34. The van der Waals surface area contributed by atoms with Crippen LogP contribution in [0.5, 0.6) is 5.75 Å². The Morgan fingerprint density at radius 2 is 1.82 bits per heavy atom. The number of ether oxygens (including phenoxy) is 3. The zero-order valence-corrected chi connectivity index (χ0v) is 15.9. The normalized spacial score (nSPS) is 17.3. The Bertz CT molecular complexity index is 942. The summed E-state index contributed by atoms with van der Waals surface area (Å²) in [4.78, 5) is 38.4. The quantitative estimate of drug-likeness (QED) is 0.799. The first-order valence-corrected chi connectivity index (χ1v) is 8.48. The lowest BCUT2D eigenvalue weighted by atomic mass is 10.1. The van der Waals surface area contributed by atoms with Crippen molar-refractivity contribution in [3.63, 3.8) is 0 Å². The van der Waals surface area contributed by atoms with Crippen molar-refractivity contribution in [2.75, 3.05) is 24.4 Å². The van der Waals surface area contributed by atoms with Crippen LogP contribution in [0.15, 0.2) is 53.9 Å². The van der Waals surface area contributed by atoms with Gasteiger partial charge in [0.1, 0.15) is 11.4 Å². The molecule has 0 bridgehead atoms. The summed E-state index contributed by atoms with van der Waals surface area (Å²) in [6, 6.07) is 5.04. The Labute approximate surface area is 162 Å². The molecule has 28 heavy (non-hydrogen) atoms. The van der Waals surface area contributed by atoms with Crippen LogP contribution in [-0.4, -0.2) is 37.7 Å². The molecule has 1 aromatic carbocycles. The molecule has 0 saturated heterocycles. The molecule has 8 nitrogen and oxygen atoms in total. The maximum absolute atomic E-state index is 12.5. The van der Waals surface area contributed by atoms with Crippen molar-refractivity contribution in [2.24, 2.45) is 0 Å². The maximum Gasteiger partial charge on any atom is 0.355 e. The molecule has 0 atom stereocenters. The molecule has 0 aromatic heterocycles. The Kier molecular flexibility index (Phi) is 4.96. The second kappa shape index (κ2) is 7.22. The van der Waals surface area contributed by atoms with E-state index in [1.54, 1.807) is 50.4 Å². The van der Waals surface area contributed by atoms with Gasteiger partial charge in [0.25, 0.3) is 5.91 Å². The molecule has 8 heteroatoms. The number of hydrogen-bond donors (Lipinski definition) is 1. The van der Waals surface area contributed by atoms with Crippen molar-refractivity contribution in [3.05, 3.63) is 53.9 Å².